The van der Waals surface area contributed by atoms with Crippen LogP contribution in [0.2, 0.25) is 0 Å². The Morgan fingerprint density at radius 1 is 1.38 bits per heavy atom. The van der Waals surface area contributed by atoms with E-state index in [1.54, 1.807) is 4.90 Å². The second kappa shape index (κ2) is 4.35. The summed E-state index contributed by atoms with van der Waals surface area (Å²) >= 11 is 0. The van der Waals surface area contributed by atoms with Crippen LogP contribution in [0.1, 0.15) is 12.0 Å². The fourth-order valence-electron chi connectivity index (χ4n) is 1.89. The summed E-state index contributed by atoms with van der Waals surface area (Å²) in [5, 5.41) is 10.7. The third-order valence-corrected chi connectivity index (χ3v) is 2.76. The third kappa shape index (κ3) is 2.21. The Kier molecular flexibility index (Phi) is 2.90. The zero-order valence-electron chi connectivity index (χ0n) is 8.76. The van der Waals surface area contributed by atoms with Crippen molar-refractivity contribution in [3.63, 3.8) is 0 Å². The minimum absolute atomic E-state index is 0.0646. The molecule has 1 aliphatic heterocycles. The summed E-state index contributed by atoms with van der Waals surface area (Å²) in [6.45, 7) is 0.736. The number of hydrogen-bond donors (Lipinski definition) is 0. The van der Waals surface area contributed by atoms with E-state index in [9.17, 15) is 14.7 Å². The van der Waals surface area contributed by atoms with Crippen molar-refractivity contribution < 1.29 is 14.7 Å². The lowest BCUT2D eigenvalue weighted by atomic mass is 10.1. The van der Waals surface area contributed by atoms with Crippen LogP contribution in [0, 0.1) is 5.92 Å². The Balaban J connectivity index is 2.02. The number of nitrogens with zero attached hydrogens (tertiary/aromatic N) is 1. The van der Waals surface area contributed by atoms with Crippen molar-refractivity contribution in [3.8, 4) is 0 Å². The molecule has 0 radical (unpaired) electrons. The molecule has 1 amide bonds. The number of hydrogen-bond acceptors (Lipinski definition) is 3. The molecule has 4 nitrogen and oxygen atoms in total. The van der Waals surface area contributed by atoms with Crippen molar-refractivity contribution in [2.75, 3.05) is 6.54 Å². The lowest BCUT2D eigenvalue weighted by Gasteiger charge is -2.16. The summed E-state index contributed by atoms with van der Waals surface area (Å²) in [6.07, 6.45) is 0.0646. The van der Waals surface area contributed by atoms with Crippen LogP contribution in [-0.4, -0.2) is 23.3 Å². The first-order chi connectivity index (χ1) is 7.66. The van der Waals surface area contributed by atoms with Crippen molar-refractivity contribution in [1.29, 1.82) is 0 Å². The molecule has 0 unspecified atom stereocenters. The van der Waals surface area contributed by atoms with Crippen molar-refractivity contribution in [2.24, 2.45) is 5.92 Å². The Labute approximate surface area is 93.5 Å². The molecule has 1 atom stereocenters. The molecule has 1 aromatic carbocycles. The average Bonchev–Trinajstić information content (AvgIpc) is 2.62. The standard InChI is InChI=1S/C12H13NO3/c14-11-6-10(12(15)16)8-13(11)7-9-4-2-1-3-5-9/h1-5,10H,6-8H2,(H,15,16)/p-1/t10-/m1/s1. The highest BCUT2D eigenvalue weighted by molar-refractivity contribution is 5.85. The van der Waals surface area contributed by atoms with E-state index in [1.165, 1.54) is 0 Å². The van der Waals surface area contributed by atoms with E-state index in [0.717, 1.165) is 5.56 Å². The molecule has 84 valence electrons. The molecule has 0 saturated carbocycles. The number of carboxylic acid groups (broad SMARTS) is 1. The summed E-state index contributed by atoms with van der Waals surface area (Å²) in [5.74, 6) is -1.90. The van der Waals surface area contributed by atoms with E-state index in [1.807, 2.05) is 30.3 Å². The van der Waals surface area contributed by atoms with Crippen LogP contribution in [0.3, 0.4) is 0 Å². The number of carboxylic acids is 1. The van der Waals surface area contributed by atoms with E-state index in [-0.39, 0.29) is 18.9 Å². The summed E-state index contributed by atoms with van der Waals surface area (Å²) < 4.78 is 0. The van der Waals surface area contributed by atoms with Gasteiger partial charge >= 0.3 is 0 Å². The van der Waals surface area contributed by atoms with E-state index in [0.29, 0.717) is 6.54 Å². The van der Waals surface area contributed by atoms with Gasteiger partial charge in [-0.15, -0.1) is 0 Å². The molecule has 0 spiro atoms. The highest BCUT2D eigenvalue weighted by Gasteiger charge is 2.29. The maximum Gasteiger partial charge on any atom is 0.223 e. The molecule has 0 bridgehead atoms. The molecule has 1 saturated heterocycles. The van der Waals surface area contributed by atoms with Crippen molar-refractivity contribution >= 4 is 11.9 Å². The minimum atomic E-state index is -1.14. The summed E-state index contributed by atoms with van der Waals surface area (Å²) in [4.78, 5) is 23.7. The van der Waals surface area contributed by atoms with Crippen molar-refractivity contribution in [3.05, 3.63) is 35.9 Å². The zero-order valence-corrected chi connectivity index (χ0v) is 8.76. The number of carbonyl (C=O) groups is 2. The Morgan fingerprint density at radius 2 is 2.06 bits per heavy atom. The monoisotopic (exact) mass is 218 g/mol. The second-order valence-corrected chi connectivity index (χ2v) is 3.98. The van der Waals surface area contributed by atoms with Crippen LogP contribution in [0.4, 0.5) is 0 Å². The number of benzene rings is 1. The first-order valence-electron chi connectivity index (χ1n) is 5.19. The van der Waals surface area contributed by atoms with Crippen LogP contribution >= 0.6 is 0 Å². The fourth-order valence-corrected chi connectivity index (χ4v) is 1.89. The normalized spacial score (nSPS) is 20.1. The maximum absolute atomic E-state index is 11.5. The van der Waals surface area contributed by atoms with Gasteiger partial charge in [0.15, 0.2) is 0 Å². The Hall–Kier alpha value is -1.84. The average molecular weight is 218 g/mol. The van der Waals surface area contributed by atoms with Crippen molar-refractivity contribution in [2.45, 2.75) is 13.0 Å². The Bertz CT molecular complexity index is 402. The molecule has 16 heavy (non-hydrogen) atoms. The van der Waals surface area contributed by atoms with Gasteiger partial charge in [-0.05, 0) is 5.56 Å². The molecule has 0 N–H and O–H groups in total. The number of rotatable bonds is 3. The minimum Gasteiger partial charge on any atom is -0.550 e. The topological polar surface area (TPSA) is 60.4 Å². The summed E-state index contributed by atoms with van der Waals surface area (Å²) in [5.41, 5.74) is 1.01. The van der Waals surface area contributed by atoms with Crippen LogP contribution < -0.4 is 5.11 Å². The number of aliphatic carboxylic acids is 1. The first kappa shape index (κ1) is 10.7. The molecule has 1 aliphatic rings. The quantitative estimate of drug-likeness (QED) is 0.705. The number of amides is 1. The van der Waals surface area contributed by atoms with Crippen LogP contribution in [0.5, 0.6) is 0 Å². The van der Waals surface area contributed by atoms with Gasteiger partial charge in [0.25, 0.3) is 0 Å². The molecule has 1 aromatic rings. The van der Waals surface area contributed by atoms with E-state index >= 15 is 0 Å². The lowest BCUT2D eigenvalue weighted by molar-refractivity contribution is -0.311. The van der Waals surface area contributed by atoms with Gasteiger partial charge in [-0.1, -0.05) is 30.3 Å². The van der Waals surface area contributed by atoms with Gasteiger partial charge in [0, 0.05) is 31.4 Å². The number of carbonyl (C=O) groups excluding carboxylic acids is 2. The molecule has 0 aliphatic carbocycles. The Morgan fingerprint density at radius 3 is 2.62 bits per heavy atom. The molecule has 1 fully saturated rings. The molecular weight excluding hydrogens is 206 g/mol. The third-order valence-electron chi connectivity index (χ3n) is 2.76. The highest BCUT2D eigenvalue weighted by atomic mass is 16.4. The molecular formula is C12H12NO3-. The highest BCUT2D eigenvalue weighted by Crippen LogP contribution is 2.19. The van der Waals surface area contributed by atoms with Crippen LogP contribution in [0.25, 0.3) is 0 Å². The SMILES string of the molecule is O=C([O-])[C@@H]1CC(=O)N(Cc2ccccc2)C1. The largest absolute Gasteiger partial charge is 0.550 e. The van der Waals surface area contributed by atoms with Gasteiger partial charge < -0.3 is 14.8 Å². The van der Waals surface area contributed by atoms with Gasteiger partial charge in [-0.2, -0.15) is 0 Å². The lowest BCUT2D eigenvalue weighted by Crippen LogP contribution is -2.33. The molecule has 0 aromatic heterocycles. The van der Waals surface area contributed by atoms with Gasteiger partial charge in [0.1, 0.15) is 0 Å². The number of likely N-dealkylation sites (tertiary alicyclic amines) is 1. The van der Waals surface area contributed by atoms with Gasteiger partial charge in [-0.3, -0.25) is 4.79 Å². The van der Waals surface area contributed by atoms with E-state index < -0.39 is 11.9 Å². The van der Waals surface area contributed by atoms with Gasteiger partial charge in [0.2, 0.25) is 5.91 Å². The maximum atomic E-state index is 11.5. The molecule has 2 rings (SSSR count). The van der Waals surface area contributed by atoms with Crippen molar-refractivity contribution in [1.82, 2.24) is 4.90 Å². The van der Waals surface area contributed by atoms with Gasteiger partial charge in [-0.25, -0.2) is 0 Å². The predicted octanol–water partition coefficient (Wildman–Crippen LogP) is -0.215. The van der Waals surface area contributed by atoms with E-state index in [2.05, 4.69) is 0 Å². The predicted molar refractivity (Wildman–Crippen MR) is 55.0 cm³/mol. The fraction of sp³-hybridized carbons (Fsp3) is 0.333. The zero-order chi connectivity index (χ0) is 11.5. The van der Waals surface area contributed by atoms with Gasteiger partial charge in [0.05, 0.1) is 0 Å². The molecule has 1 heterocycles. The summed E-state index contributed by atoms with van der Waals surface area (Å²) in [6, 6.07) is 9.52. The smallest absolute Gasteiger partial charge is 0.223 e. The second-order valence-electron chi connectivity index (χ2n) is 3.98. The van der Waals surface area contributed by atoms with Crippen LogP contribution in [0.15, 0.2) is 30.3 Å². The van der Waals surface area contributed by atoms with E-state index in [4.69, 9.17) is 0 Å². The summed E-state index contributed by atoms with van der Waals surface area (Å²) in [7, 11) is 0. The molecule has 4 heteroatoms. The first-order valence-corrected chi connectivity index (χ1v) is 5.19. The van der Waals surface area contributed by atoms with Crippen LogP contribution in [-0.2, 0) is 16.1 Å².